The molecule has 1 saturated heterocycles. The van der Waals surface area contributed by atoms with E-state index >= 15 is 0 Å². The normalized spacial score (nSPS) is 28.6. The summed E-state index contributed by atoms with van der Waals surface area (Å²) < 4.78 is 0. The Morgan fingerprint density at radius 3 is 2.65 bits per heavy atom. The lowest BCUT2D eigenvalue weighted by Crippen LogP contribution is -2.51. The largest absolute Gasteiger partial charge is 0.480 e. The summed E-state index contributed by atoms with van der Waals surface area (Å²) in [6.45, 7) is 9.55. The van der Waals surface area contributed by atoms with Gasteiger partial charge in [0.2, 0.25) is 5.91 Å². The van der Waals surface area contributed by atoms with Gasteiger partial charge in [0.1, 0.15) is 6.04 Å². The zero-order valence-corrected chi connectivity index (χ0v) is 12.6. The maximum Gasteiger partial charge on any atom is 0.320 e. The predicted octanol–water partition coefficient (Wildman–Crippen LogP) is 1.54. The third kappa shape index (κ3) is 4.34. The minimum absolute atomic E-state index is 0.0604. The Labute approximate surface area is 120 Å². The number of hydrogen-bond donors (Lipinski definition) is 3. The molecule has 0 aliphatic carbocycles. The van der Waals surface area contributed by atoms with Gasteiger partial charge in [0.15, 0.2) is 0 Å². The summed E-state index contributed by atoms with van der Waals surface area (Å²) in [5.74, 6) is -0.383. The first-order valence-electron chi connectivity index (χ1n) is 7.27. The zero-order valence-electron chi connectivity index (χ0n) is 12.6. The first-order valence-corrected chi connectivity index (χ1v) is 7.27. The van der Waals surface area contributed by atoms with E-state index < -0.39 is 12.0 Å². The van der Waals surface area contributed by atoms with Gasteiger partial charge in [0.05, 0.1) is 0 Å². The van der Waals surface area contributed by atoms with Crippen molar-refractivity contribution < 1.29 is 14.7 Å². The van der Waals surface area contributed by atoms with Crippen molar-refractivity contribution in [3.8, 4) is 0 Å². The van der Waals surface area contributed by atoms with Crippen molar-refractivity contribution in [3.05, 3.63) is 12.7 Å². The van der Waals surface area contributed by atoms with Crippen LogP contribution >= 0.6 is 0 Å². The van der Waals surface area contributed by atoms with E-state index in [9.17, 15) is 9.59 Å². The van der Waals surface area contributed by atoms with E-state index in [1.54, 1.807) is 6.08 Å². The van der Waals surface area contributed by atoms with Crippen LogP contribution in [0.4, 0.5) is 0 Å². The van der Waals surface area contributed by atoms with Crippen molar-refractivity contribution in [1.82, 2.24) is 10.6 Å². The number of carbonyl (C=O) groups is 2. The van der Waals surface area contributed by atoms with Crippen LogP contribution in [-0.4, -0.2) is 35.1 Å². The molecule has 1 aliphatic heterocycles. The molecule has 5 atom stereocenters. The van der Waals surface area contributed by atoms with E-state index in [1.807, 2.05) is 0 Å². The van der Waals surface area contributed by atoms with Gasteiger partial charge in [-0.3, -0.25) is 14.9 Å². The van der Waals surface area contributed by atoms with Crippen LogP contribution in [0.25, 0.3) is 0 Å². The Balaban J connectivity index is 2.84. The molecule has 1 amide bonds. The fourth-order valence-electron chi connectivity index (χ4n) is 2.83. The first kappa shape index (κ1) is 16.7. The summed E-state index contributed by atoms with van der Waals surface area (Å²) in [6, 6.07) is -0.683. The van der Waals surface area contributed by atoms with Crippen LogP contribution in [0.3, 0.4) is 0 Å². The average molecular weight is 282 g/mol. The number of rotatable bonds is 7. The Morgan fingerprint density at radius 2 is 2.20 bits per heavy atom. The quantitative estimate of drug-likeness (QED) is 0.619. The molecule has 3 N–H and O–H groups in total. The molecular formula is C15H26N2O3. The number of carbonyl (C=O) groups excluding carboxylic acids is 1. The van der Waals surface area contributed by atoms with E-state index in [2.05, 4.69) is 31.1 Å². The van der Waals surface area contributed by atoms with Crippen molar-refractivity contribution in [2.45, 2.75) is 58.2 Å². The summed E-state index contributed by atoms with van der Waals surface area (Å²) in [6.07, 6.45) is 4.19. The number of hydrogen-bond acceptors (Lipinski definition) is 3. The van der Waals surface area contributed by atoms with E-state index in [4.69, 9.17) is 5.11 Å². The lowest BCUT2D eigenvalue weighted by atomic mass is 9.88. The minimum Gasteiger partial charge on any atom is -0.480 e. The molecule has 5 heteroatoms. The van der Waals surface area contributed by atoms with Crippen molar-refractivity contribution in [2.75, 3.05) is 0 Å². The van der Waals surface area contributed by atoms with E-state index in [0.29, 0.717) is 12.3 Å². The van der Waals surface area contributed by atoms with Gasteiger partial charge in [0.25, 0.3) is 0 Å². The van der Waals surface area contributed by atoms with Crippen LogP contribution < -0.4 is 10.6 Å². The van der Waals surface area contributed by atoms with Crippen LogP contribution in [0.15, 0.2) is 12.7 Å². The fraction of sp³-hybridized carbons (Fsp3) is 0.733. The highest BCUT2D eigenvalue weighted by molar-refractivity contribution is 5.75. The monoisotopic (exact) mass is 282 g/mol. The molecule has 1 rings (SSSR count). The van der Waals surface area contributed by atoms with Crippen LogP contribution in [0.5, 0.6) is 0 Å². The highest BCUT2D eigenvalue weighted by Crippen LogP contribution is 2.27. The van der Waals surface area contributed by atoms with Gasteiger partial charge in [-0.25, -0.2) is 0 Å². The standard InChI is InChI=1S/C15H26N2O3/c1-5-9(3)7-12(16-10(4)18)14-11(6-2)8-13(17-14)15(19)20/h6,9,11-14,17H,2,5,7-8H2,1,3-4H3,(H,16,18)(H,19,20)/t9?,11-,12+,13-,14?/m1/s1. The summed E-state index contributed by atoms with van der Waals surface area (Å²) in [5, 5.41) is 15.3. The predicted molar refractivity (Wildman–Crippen MR) is 78.3 cm³/mol. The Kier molecular flexibility index (Phi) is 6.20. The minimum atomic E-state index is -0.843. The highest BCUT2D eigenvalue weighted by atomic mass is 16.4. The first-order chi connectivity index (χ1) is 9.38. The van der Waals surface area contributed by atoms with Gasteiger partial charge in [-0.2, -0.15) is 0 Å². The van der Waals surface area contributed by atoms with E-state index in [-0.39, 0.29) is 23.9 Å². The van der Waals surface area contributed by atoms with Gasteiger partial charge in [0, 0.05) is 19.0 Å². The third-order valence-electron chi connectivity index (χ3n) is 4.14. The second-order valence-corrected chi connectivity index (χ2v) is 5.77. The molecule has 0 aromatic carbocycles. The summed E-state index contributed by atoms with van der Waals surface area (Å²) in [5.41, 5.74) is 0. The summed E-state index contributed by atoms with van der Waals surface area (Å²) in [7, 11) is 0. The average Bonchev–Trinajstić information content (AvgIpc) is 2.81. The molecule has 1 heterocycles. The molecule has 0 aromatic rings. The van der Waals surface area contributed by atoms with Gasteiger partial charge in [-0.15, -0.1) is 6.58 Å². The molecule has 20 heavy (non-hydrogen) atoms. The van der Waals surface area contributed by atoms with Crippen molar-refractivity contribution >= 4 is 11.9 Å². The molecule has 114 valence electrons. The Bertz CT molecular complexity index is 370. The molecule has 0 aromatic heterocycles. The van der Waals surface area contributed by atoms with Crippen LogP contribution in [-0.2, 0) is 9.59 Å². The molecule has 0 bridgehead atoms. The van der Waals surface area contributed by atoms with E-state index in [1.165, 1.54) is 6.92 Å². The van der Waals surface area contributed by atoms with Gasteiger partial charge in [-0.1, -0.05) is 26.3 Å². The van der Waals surface area contributed by atoms with Gasteiger partial charge >= 0.3 is 5.97 Å². The molecule has 2 unspecified atom stereocenters. The Morgan fingerprint density at radius 1 is 1.55 bits per heavy atom. The highest BCUT2D eigenvalue weighted by Gasteiger charge is 2.40. The molecule has 0 saturated carbocycles. The second kappa shape index (κ2) is 7.43. The molecular weight excluding hydrogens is 256 g/mol. The lowest BCUT2D eigenvalue weighted by Gasteiger charge is -2.30. The maximum atomic E-state index is 11.4. The summed E-state index contributed by atoms with van der Waals surface area (Å²) >= 11 is 0. The van der Waals surface area contributed by atoms with Crippen molar-refractivity contribution in [2.24, 2.45) is 11.8 Å². The molecule has 0 spiro atoms. The van der Waals surface area contributed by atoms with Gasteiger partial charge in [-0.05, 0) is 24.7 Å². The van der Waals surface area contributed by atoms with E-state index in [0.717, 1.165) is 12.8 Å². The maximum absolute atomic E-state index is 11.4. The number of nitrogens with one attached hydrogen (secondary N) is 2. The zero-order chi connectivity index (χ0) is 15.3. The molecule has 5 nitrogen and oxygen atoms in total. The van der Waals surface area contributed by atoms with Crippen LogP contribution in [0, 0.1) is 11.8 Å². The van der Waals surface area contributed by atoms with Gasteiger partial charge < -0.3 is 10.4 Å². The van der Waals surface area contributed by atoms with Crippen molar-refractivity contribution in [1.29, 1.82) is 0 Å². The number of aliphatic carboxylic acids is 1. The lowest BCUT2D eigenvalue weighted by molar-refractivity contribution is -0.139. The van der Waals surface area contributed by atoms with Crippen molar-refractivity contribution in [3.63, 3.8) is 0 Å². The summed E-state index contributed by atoms with van der Waals surface area (Å²) in [4.78, 5) is 22.6. The smallest absolute Gasteiger partial charge is 0.320 e. The third-order valence-corrected chi connectivity index (χ3v) is 4.14. The molecule has 1 fully saturated rings. The number of carboxylic acids is 1. The van der Waals surface area contributed by atoms with Crippen LogP contribution in [0.2, 0.25) is 0 Å². The fourth-order valence-corrected chi connectivity index (χ4v) is 2.83. The molecule has 0 radical (unpaired) electrons. The second-order valence-electron chi connectivity index (χ2n) is 5.77. The SMILES string of the molecule is C=C[C@@H]1C[C@H](C(=O)O)NC1[C@H](CC(C)CC)NC(C)=O. The number of amides is 1. The Hall–Kier alpha value is -1.36. The number of carboxylic acid groups (broad SMARTS) is 1. The molecule has 1 aliphatic rings. The van der Waals surface area contributed by atoms with Crippen LogP contribution in [0.1, 0.15) is 40.0 Å². The topological polar surface area (TPSA) is 78.4 Å².